The van der Waals surface area contributed by atoms with Gasteiger partial charge in [0.15, 0.2) is 0 Å². The number of hydrogen-bond donors (Lipinski definition) is 0. The standard InChI is InChI=1S/C29H60O2/c1-7-30-28(3,4)26-24-22-20-18-16-14-12-10-9-11-13-15-17-19-21-23-25-27-29(5,6)31-8-2/h7-27H2,1-6H3. The van der Waals surface area contributed by atoms with Crippen LogP contribution in [0.15, 0.2) is 0 Å². The predicted molar refractivity (Wildman–Crippen MR) is 139 cm³/mol. The lowest BCUT2D eigenvalue weighted by Gasteiger charge is -2.24. The number of rotatable bonds is 24. The topological polar surface area (TPSA) is 18.5 Å². The van der Waals surface area contributed by atoms with E-state index >= 15 is 0 Å². The largest absolute Gasteiger partial charge is 0.376 e. The summed E-state index contributed by atoms with van der Waals surface area (Å²) < 4.78 is 11.6. The molecule has 0 atom stereocenters. The van der Waals surface area contributed by atoms with Crippen molar-refractivity contribution < 1.29 is 9.47 Å². The molecule has 0 aromatic carbocycles. The van der Waals surface area contributed by atoms with E-state index in [9.17, 15) is 0 Å². The van der Waals surface area contributed by atoms with Crippen LogP contribution >= 0.6 is 0 Å². The summed E-state index contributed by atoms with van der Waals surface area (Å²) in [5, 5.41) is 0. The molecular formula is C29H60O2. The molecule has 0 aliphatic rings. The third kappa shape index (κ3) is 22.9. The molecule has 0 heterocycles. The van der Waals surface area contributed by atoms with Crippen LogP contribution in [0.5, 0.6) is 0 Å². The molecule has 0 unspecified atom stereocenters. The van der Waals surface area contributed by atoms with Gasteiger partial charge < -0.3 is 9.47 Å². The zero-order valence-corrected chi connectivity index (χ0v) is 22.7. The highest BCUT2D eigenvalue weighted by Crippen LogP contribution is 2.21. The van der Waals surface area contributed by atoms with Crippen LogP contribution in [0.25, 0.3) is 0 Å². The molecule has 0 amide bonds. The van der Waals surface area contributed by atoms with Crippen molar-refractivity contribution >= 4 is 0 Å². The molecule has 0 saturated carbocycles. The fourth-order valence-corrected chi connectivity index (χ4v) is 4.68. The first-order valence-corrected chi connectivity index (χ1v) is 14.1. The van der Waals surface area contributed by atoms with Crippen molar-refractivity contribution in [2.75, 3.05) is 13.2 Å². The van der Waals surface area contributed by atoms with Crippen molar-refractivity contribution in [1.82, 2.24) is 0 Å². The van der Waals surface area contributed by atoms with Crippen LogP contribution in [0.1, 0.15) is 164 Å². The average Bonchev–Trinajstić information content (AvgIpc) is 2.69. The molecule has 0 bridgehead atoms. The molecule has 0 N–H and O–H groups in total. The first kappa shape index (κ1) is 30.9. The fraction of sp³-hybridized carbons (Fsp3) is 1.00. The third-order valence-corrected chi connectivity index (χ3v) is 6.63. The molecule has 2 nitrogen and oxygen atoms in total. The summed E-state index contributed by atoms with van der Waals surface area (Å²) in [5.74, 6) is 0. The lowest BCUT2D eigenvalue weighted by atomic mass is 9.98. The van der Waals surface area contributed by atoms with E-state index in [2.05, 4.69) is 41.5 Å². The van der Waals surface area contributed by atoms with Crippen molar-refractivity contribution in [3.63, 3.8) is 0 Å². The Bertz CT molecular complexity index is 328. The maximum Gasteiger partial charge on any atom is 0.0626 e. The van der Waals surface area contributed by atoms with Crippen molar-refractivity contribution in [2.45, 2.75) is 175 Å². The van der Waals surface area contributed by atoms with E-state index in [-0.39, 0.29) is 11.2 Å². The van der Waals surface area contributed by atoms with E-state index in [1.807, 2.05) is 0 Å². The Morgan fingerprint density at radius 1 is 0.355 bits per heavy atom. The van der Waals surface area contributed by atoms with Gasteiger partial charge in [-0.3, -0.25) is 0 Å². The van der Waals surface area contributed by atoms with Crippen molar-refractivity contribution in [3.8, 4) is 0 Å². The van der Waals surface area contributed by atoms with Gasteiger partial charge >= 0.3 is 0 Å². The van der Waals surface area contributed by atoms with Gasteiger partial charge in [-0.25, -0.2) is 0 Å². The molecule has 0 radical (unpaired) electrons. The summed E-state index contributed by atoms with van der Waals surface area (Å²) in [4.78, 5) is 0. The van der Waals surface area contributed by atoms with E-state index in [1.54, 1.807) is 0 Å². The first-order chi connectivity index (χ1) is 14.8. The maximum absolute atomic E-state index is 5.78. The number of unbranched alkanes of at least 4 members (excludes halogenated alkanes) is 16. The second-order valence-corrected chi connectivity index (χ2v) is 10.9. The van der Waals surface area contributed by atoms with Crippen LogP contribution < -0.4 is 0 Å². The fourth-order valence-electron chi connectivity index (χ4n) is 4.68. The highest BCUT2D eigenvalue weighted by molar-refractivity contribution is 4.68. The van der Waals surface area contributed by atoms with Gasteiger partial charge in [-0.1, -0.05) is 109 Å². The Labute approximate surface area is 197 Å². The van der Waals surface area contributed by atoms with Crippen LogP contribution in [0.3, 0.4) is 0 Å². The number of hydrogen-bond acceptors (Lipinski definition) is 2. The SMILES string of the molecule is CCOC(C)(C)CCCCCCCCCCCCCCCCCCCC(C)(C)OCC. The molecule has 188 valence electrons. The average molecular weight is 441 g/mol. The Morgan fingerprint density at radius 3 is 0.742 bits per heavy atom. The predicted octanol–water partition coefficient (Wildman–Crippen LogP) is 10.0. The molecule has 0 aromatic rings. The Morgan fingerprint density at radius 2 is 0.548 bits per heavy atom. The Kier molecular flexibility index (Phi) is 20.5. The van der Waals surface area contributed by atoms with Crippen LogP contribution in [0, 0.1) is 0 Å². The molecule has 0 fully saturated rings. The molecule has 0 saturated heterocycles. The van der Waals surface area contributed by atoms with Gasteiger partial charge in [0.1, 0.15) is 0 Å². The van der Waals surface area contributed by atoms with Gasteiger partial charge in [-0.15, -0.1) is 0 Å². The van der Waals surface area contributed by atoms with Crippen molar-refractivity contribution in [2.24, 2.45) is 0 Å². The molecule has 0 aliphatic heterocycles. The summed E-state index contributed by atoms with van der Waals surface area (Å²) in [6.07, 6.45) is 26.5. The molecule has 0 spiro atoms. The monoisotopic (exact) mass is 440 g/mol. The Balaban J connectivity index is 3.19. The molecule has 0 aromatic heterocycles. The van der Waals surface area contributed by atoms with E-state index < -0.39 is 0 Å². The lowest BCUT2D eigenvalue weighted by molar-refractivity contribution is -0.0181. The molecular weight excluding hydrogens is 380 g/mol. The normalized spacial score (nSPS) is 12.6. The molecule has 0 aliphatic carbocycles. The van der Waals surface area contributed by atoms with Crippen molar-refractivity contribution in [3.05, 3.63) is 0 Å². The highest BCUT2D eigenvalue weighted by Gasteiger charge is 2.17. The minimum atomic E-state index is 0.0793. The van der Waals surface area contributed by atoms with E-state index in [1.165, 1.54) is 122 Å². The summed E-state index contributed by atoms with van der Waals surface area (Å²) in [6, 6.07) is 0. The van der Waals surface area contributed by atoms with E-state index in [4.69, 9.17) is 9.47 Å². The second-order valence-electron chi connectivity index (χ2n) is 10.9. The highest BCUT2D eigenvalue weighted by atomic mass is 16.5. The summed E-state index contributed by atoms with van der Waals surface area (Å²) >= 11 is 0. The second kappa shape index (κ2) is 20.5. The lowest BCUT2D eigenvalue weighted by Crippen LogP contribution is -2.24. The zero-order chi connectivity index (χ0) is 23.3. The minimum absolute atomic E-state index is 0.0793. The summed E-state index contributed by atoms with van der Waals surface area (Å²) in [7, 11) is 0. The molecule has 0 rings (SSSR count). The molecule has 2 heteroatoms. The quantitative estimate of drug-likeness (QED) is 0.139. The van der Waals surface area contributed by atoms with Gasteiger partial charge in [0.05, 0.1) is 11.2 Å². The van der Waals surface area contributed by atoms with Gasteiger partial charge in [0.2, 0.25) is 0 Å². The van der Waals surface area contributed by atoms with Gasteiger partial charge in [0.25, 0.3) is 0 Å². The maximum atomic E-state index is 5.78. The number of ether oxygens (including phenoxy) is 2. The van der Waals surface area contributed by atoms with E-state index in [0.29, 0.717) is 0 Å². The first-order valence-electron chi connectivity index (χ1n) is 14.1. The van der Waals surface area contributed by atoms with Gasteiger partial charge in [0, 0.05) is 13.2 Å². The van der Waals surface area contributed by atoms with Crippen LogP contribution in [0.2, 0.25) is 0 Å². The van der Waals surface area contributed by atoms with Gasteiger partial charge in [-0.2, -0.15) is 0 Å². The van der Waals surface area contributed by atoms with Gasteiger partial charge in [-0.05, 0) is 54.4 Å². The molecule has 31 heavy (non-hydrogen) atoms. The summed E-state index contributed by atoms with van der Waals surface area (Å²) in [5.41, 5.74) is 0.159. The smallest absolute Gasteiger partial charge is 0.0626 e. The van der Waals surface area contributed by atoms with Crippen LogP contribution in [-0.4, -0.2) is 24.4 Å². The minimum Gasteiger partial charge on any atom is -0.376 e. The van der Waals surface area contributed by atoms with Crippen molar-refractivity contribution in [1.29, 1.82) is 0 Å². The summed E-state index contributed by atoms with van der Waals surface area (Å²) in [6.45, 7) is 14.8. The Hall–Kier alpha value is -0.0800. The van der Waals surface area contributed by atoms with E-state index in [0.717, 1.165) is 13.2 Å². The van der Waals surface area contributed by atoms with Crippen LogP contribution in [-0.2, 0) is 9.47 Å². The van der Waals surface area contributed by atoms with Crippen LogP contribution in [0.4, 0.5) is 0 Å². The third-order valence-electron chi connectivity index (χ3n) is 6.63. The zero-order valence-electron chi connectivity index (χ0n) is 22.7.